The summed E-state index contributed by atoms with van der Waals surface area (Å²) in [7, 11) is 0. The van der Waals surface area contributed by atoms with Crippen LogP contribution in [0, 0.1) is 13.5 Å². The number of fused-ring (bicyclic) bond motifs is 1. The van der Waals surface area contributed by atoms with Crippen molar-refractivity contribution in [3.63, 3.8) is 0 Å². The minimum Gasteiger partial charge on any atom is -0.381 e. The monoisotopic (exact) mass is 508 g/mol. The Balaban J connectivity index is 1.55. The number of pyridine rings is 1. The van der Waals surface area contributed by atoms with E-state index >= 15 is 0 Å². The lowest BCUT2D eigenvalue weighted by Crippen LogP contribution is -2.44. The van der Waals surface area contributed by atoms with Crippen molar-refractivity contribution in [3.05, 3.63) is 34.8 Å². The molecule has 9 nitrogen and oxygen atoms in total. The van der Waals surface area contributed by atoms with Crippen LogP contribution in [0.5, 0.6) is 0 Å². The number of nitrogens with zero attached hydrogens (tertiary/aromatic N) is 6. The van der Waals surface area contributed by atoms with E-state index in [-0.39, 0.29) is 12.3 Å². The van der Waals surface area contributed by atoms with Gasteiger partial charge in [0, 0.05) is 13.2 Å². The fourth-order valence-corrected chi connectivity index (χ4v) is 6.55. The van der Waals surface area contributed by atoms with Gasteiger partial charge < -0.3 is 24.0 Å². The molecule has 0 spiro atoms. The van der Waals surface area contributed by atoms with Crippen molar-refractivity contribution < 1.29 is 14.2 Å². The van der Waals surface area contributed by atoms with Gasteiger partial charge in [0.2, 0.25) is 0 Å². The predicted octanol–water partition coefficient (Wildman–Crippen LogP) is 4.71. The van der Waals surface area contributed by atoms with Crippen molar-refractivity contribution >= 4 is 27.6 Å². The molecule has 0 aliphatic carbocycles. The van der Waals surface area contributed by atoms with Gasteiger partial charge in [0.1, 0.15) is 17.0 Å². The van der Waals surface area contributed by atoms with E-state index in [4.69, 9.17) is 35.2 Å². The summed E-state index contributed by atoms with van der Waals surface area (Å²) in [6.45, 7) is 16.4. The van der Waals surface area contributed by atoms with E-state index in [0.29, 0.717) is 39.3 Å². The van der Waals surface area contributed by atoms with Crippen LogP contribution >= 0.6 is 11.5 Å². The number of anilines is 1. The van der Waals surface area contributed by atoms with Crippen LogP contribution in [0.4, 0.5) is 5.82 Å². The molecule has 3 fully saturated rings. The summed E-state index contributed by atoms with van der Waals surface area (Å²) >= 11 is 1.44. The normalized spacial score (nSPS) is 24.6. The first-order valence-corrected chi connectivity index (χ1v) is 13.7. The molecule has 1 unspecified atom stereocenters. The summed E-state index contributed by atoms with van der Waals surface area (Å²) in [4.78, 5) is 11.7. The van der Waals surface area contributed by atoms with Crippen LogP contribution in [0.3, 0.4) is 0 Å². The highest BCUT2D eigenvalue weighted by Gasteiger charge is 2.44. The van der Waals surface area contributed by atoms with E-state index in [1.54, 1.807) is 0 Å². The highest BCUT2D eigenvalue weighted by molar-refractivity contribution is 7.13. The van der Waals surface area contributed by atoms with Gasteiger partial charge in [-0.1, -0.05) is 0 Å². The molecular weight excluding hydrogens is 476 g/mol. The minimum absolute atomic E-state index is 0.0915. The molecular formula is C26H32N6O3S. The van der Waals surface area contributed by atoms with Gasteiger partial charge >= 0.3 is 0 Å². The Bertz CT molecular complexity index is 1280. The summed E-state index contributed by atoms with van der Waals surface area (Å²) in [6.07, 6.45) is 4.40. The maximum absolute atomic E-state index is 8.22. The SMILES string of the molecule is [C-]#[N+]C1(c2cc(N3CCOC[C@H]3C)nc3c(-c4cc(C)nn4C4CCCCO4)nsc23)CCOCC1. The van der Waals surface area contributed by atoms with Crippen LogP contribution in [0.1, 0.15) is 56.5 Å². The summed E-state index contributed by atoms with van der Waals surface area (Å²) in [5.74, 6) is 0.890. The Morgan fingerprint density at radius 2 is 2.00 bits per heavy atom. The van der Waals surface area contributed by atoms with E-state index in [1.807, 2.05) is 11.6 Å². The van der Waals surface area contributed by atoms with E-state index in [0.717, 1.165) is 71.1 Å². The van der Waals surface area contributed by atoms with Gasteiger partial charge in [-0.15, -0.1) is 0 Å². The zero-order chi connectivity index (χ0) is 24.7. The lowest BCUT2D eigenvalue weighted by molar-refractivity contribution is -0.0385. The molecule has 0 N–H and O–H groups in total. The van der Waals surface area contributed by atoms with Gasteiger partial charge in [-0.25, -0.2) is 16.2 Å². The summed E-state index contributed by atoms with van der Waals surface area (Å²) < 4.78 is 25.4. The smallest absolute Gasteiger partial charge is 0.263 e. The number of hydrogen-bond acceptors (Lipinski definition) is 8. The molecule has 0 amide bonds. The minimum atomic E-state index is -0.629. The molecule has 3 aromatic heterocycles. The predicted molar refractivity (Wildman–Crippen MR) is 138 cm³/mol. The Kier molecular flexibility index (Phi) is 6.42. The van der Waals surface area contributed by atoms with E-state index in [2.05, 4.69) is 28.8 Å². The van der Waals surface area contributed by atoms with Gasteiger partial charge in [0.25, 0.3) is 5.54 Å². The molecule has 0 bridgehead atoms. The number of aryl methyl sites for hydroxylation is 1. The van der Waals surface area contributed by atoms with Crippen molar-refractivity contribution in [2.45, 2.75) is 63.8 Å². The zero-order valence-corrected chi connectivity index (χ0v) is 21.7. The molecule has 0 saturated carbocycles. The fourth-order valence-electron chi connectivity index (χ4n) is 5.62. The lowest BCUT2D eigenvalue weighted by atomic mass is 9.83. The first kappa shape index (κ1) is 23.8. The van der Waals surface area contributed by atoms with Crippen LogP contribution < -0.4 is 4.90 Å². The van der Waals surface area contributed by atoms with Crippen molar-refractivity contribution in [2.24, 2.45) is 0 Å². The molecule has 3 aliphatic rings. The van der Waals surface area contributed by atoms with Crippen molar-refractivity contribution in [1.29, 1.82) is 0 Å². The van der Waals surface area contributed by atoms with Crippen LogP contribution in [0.2, 0.25) is 0 Å². The molecule has 3 aliphatic heterocycles. The molecule has 3 aromatic rings. The summed E-state index contributed by atoms with van der Waals surface area (Å²) in [6, 6.07) is 4.42. The fraction of sp³-hybridized carbons (Fsp3) is 0.615. The number of rotatable bonds is 4. The zero-order valence-electron chi connectivity index (χ0n) is 20.9. The second kappa shape index (κ2) is 9.71. The highest BCUT2D eigenvalue weighted by Crippen LogP contribution is 2.45. The van der Waals surface area contributed by atoms with Gasteiger partial charge in [0.15, 0.2) is 6.23 Å². The van der Waals surface area contributed by atoms with Crippen molar-refractivity contribution in [2.75, 3.05) is 44.5 Å². The molecule has 0 aromatic carbocycles. The van der Waals surface area contributed by atoms with Gasteiger partial charge in [0.05, 0.1) is 67.0 Å². The second-order valence-corrected chi connectivity index (χ2v) is 10.8. The highest BCUT2D eigenvalue weighted by atomic mass is 32.1. The van der Waals surface area contributed by atoms with Gasteiger partial charge in [-0.3, -0.25) is 0 Å². The quantitative estimate of drug-likeness (QED) is 0.472. The van der Waals surface area contributed by atoms with Gasteiger partial charge in [-0.2, -0.15) is 9.47 Å². The van der Waals surface area contributed by atoms with Crippen LogP contribution in [-0.2, 0) is 19.7 Å². The van der Waals surface area contributed by atoms with E-state index < -0.39 is 5.54 Å². The maximum Gasteiger partial charge on any atom is 0.263 e. The van der Waals surface area contributed by atoms with Crippen molar-refractivity contribution in [1.82, 2.24) is 19.1 Å². The molecule has 10 heteroatoms. The maximum atomic E-state index is 8.22. The largest absolute Gasteiger partial charge is 0.381 e. The van der Waals surface area contributed by atoms with Crippen LogP contribution in [-0.4, -0.2) is 64.8 Å². The topological polar surface area (TPSA) is 78.9 Å². The van der Waals surface area contributed by atoms with E-state index in [9.17, 15) is 0 Å². The Labute approximate surface area is 215 Å². The van der Waals surface area contributed by atoms with Gasteiger partial charge in [-0.05, 0) is 56.8 Å². The summed E-state index contributed by atoms with van der Waals surface area (Å²) in [5.41, 5.74) is 3.93. The first-order chi connectivity index (χ1) is 17.6. The van der Waals surface area contributed by atoms with Crippen molar-refractivity contribution in [3.8, 4) is 11.4 Å². The molecule has 0 radical (unpaired) electrons. The average molecular weight is 509 g/mol. The van der Waals surface area contributed by atoms with E-state index in [1.165, 1.54) is 11.5 Å². The third kappa shape index (κ3) is 4.08. The third-order valence-corrected chi connectivity index (χ3v) is 8.51. The average Bonchev–Trinajstić information content (AvgIpc) is 3.52. The first-order valence-electron chi connectivity index (χ1n) is 12.9. The lowest BCUT2D eigenvalue weighted by Gasteiger charge is -2.35. The number of hydrogen-bond donors (Lipinski definition) is 0. The Morgan fingerprint density at radius 3 is 2.75 bits per heavy atom. The standard InChI is InChI=1S/C26H32N6O3S/c1-17-14-20(32(29-17)22-6-4-5-10-35-22)23-24-25(36-30-23)19(26(27-3)7-11-33-12-8-26)15-21(28-24)31-9-13-34-16-18(31)2/h14-15,18,22H,4-13,16H2,1-2H3/t18-,22?/m1/s1. The molecule has 6 heterocycles. The Morgan fingerprint density at radius 1 is 1.14 bits per heavy atom. The molecule has 36 heavy (non-hydrogen) atoms. The number of aromatic nitrogens is 4. The molecule has 190 valence electrons. The third-order valence-electron chi connectivity index (χ3n) is 7.64. The molecule has 3 saturated heterocycles. The molecule has 2 atom stereocenters. The second-order valence-electron chi connectivity index (χ2n) is 10.0. The number of ether oxygens (including phenoxy) is 3. The number of morpholine rings is 1. The summed E-state index contributed by atoms with van der Waals surface area (Å²) in [5, 5.41) is 4.80. The Hall–Kier alpha value is -2.58. The van der Waals surface area contributed by atoms with Crippen LogP contribution in [0.25, 0.3) is 26.4 Å². The van der Waals surface area contributed by atoms with Crippen LogP contribution in [0.15, 0.2) is 12.1 Å². The molecule has 6 rings (SSSR count).